The second-order valence-electron chi connectivity index (χ2n) is 6.24. The maximum absolute atomic E-state index is 12.5. The number of piperidine rings is 1. The lowest BCUT2D eigenvalue weighted by atomic mass is 9.96. The van der Waals surface area contributed by atoms with Crippen molar-refractivity contribution in [3.8, 4) is 0 Å². The predicted octanol–water partition coefficient (Wildman–Crippen LogP) is 2.37. The second kappa shape index (κ2) is 6.86. The molecule has 0 bridgehead atoms. The number of aromatic nitrogens is 2. The van der Waals surface area contributed by atoms with E-state index in [2.05, 4.69) is 9.97 Å². The van der Waals surface area contributed by atoms with Gasteiger partial charge >= 0.3 is 5.97 Å². The van der Waals surface area contributed by atoms with E-state index in [1.165, 1.54) is 0 Å². The van der Waals surface area contributed by atoms with E-state index in [1.54, 1.807) is 6.92 Å². The summed E-state index contributed by atoms with van der Waals surface area (Å²) >= 11 is 0. The lowest BCUT2D eigenvalue weighted by molar-refractivity contribution is -0.131. The number of nitrogens with one attached hydrogen (secondary N) is 1. The molecule has 1 amide bonds. The maximum atomic E-state index is 12.5. The molecule has 1 aromatic heterocycles. The van der Waals surface area contributed by atoms with Crippen molar-refractivity contribution >= 4 is 11.9 Å². The first-order valence-corrected chi connectivity index (χ1v) is 8.16. The van der Waals surface area contributed by atoms with Crippen molar-refractivity contribution in [2.45, 2.75) is 32.1 Å². The van der Waals surface area contributed by atoms with Crippen LogP contribution in [0.15, 0.2) is 30.3 Å². The molecule has 1 saturated heterocycles. The molecule has 6 nitrogen and oxygen atoms in total. The molecule has 1 aromatic carbocycles. The van der Waals surface area contributed by atoms with E-state index in [4.69, 9.17) is 5.11 Å². The highest BCUT2D eigenvalue weighted by molar-refractivity contribution is 5.86. The minimum Gasteiger partial charge on any atom is -0.476 e. The number of H-pyrrole nitrogens is 1. The number of carboxylic acids is 1. The van der Waals surface area contributed by atoms with Gasteiger partial charge in [-0.3, -0.25) is 4.79 Å². The summed E-state index contributed by atoms with van der Waals surface area (Å²) in [6.07, 6.45) is 2.19. The predicted molar refractivity (Wildman–Crippen MR) is 89.0 cm³/mol. The molecule has 1 aliphatic heterocycles. The van der Waals surface area contributed by atoms with Gasteiger partial charge in [0, 0.05) is 24.7 Å². The molecule has 0 spiro atoms. The van der Waals surface area contributed by atoms with E-state index < -0.39 is 5.97 Å². The van der Waals surface area contributed by atoms with Crippen LogP contribution in [0.2, 0.25) is 0 Å². The van der Waals surface area contributed by atoms with Crippen LogP contribution in [0.3, 0.4) is 0 Å². The molecule has 1 atom stereocenters. The number of imidazole rings is 1. The summed E-state index contributed by atoms with van der Waals surface area (Å²) in [5.74, 6) is -0.192. The van der Waals surface area contributed by atoms with E-state index in [-0.39, 0.29) is 17.5 Å². The van der Waals surface area contributed by atoms with Crippen molar-refractivity contribution in [1.29, 1.82) is 0 Å². The number of likely N-dealkylation sites (tertiary alicyclic amines) is 1. The zero-order valence-corrected chi connectivity index (χ0v) is 13.7. The molecule has 24 heavy (non-hydrogen) atoms. The average Bonchev–Trinajstić information content (AvgIpc) is 2.98. The van der Waals surface area contributed by atoms with Crippen LogP contribution in [0.5, 0.6) is 0 Å². The minimum absolute atomic E-state index is 0.0604. The fourth-order valence-corrected chi connectivity index (χ4v) is 3.19. The molecule has 126 valence electrons. The van der Waals surface area contributed by atoms with Crippen LogP contribution in [0.25, 0.3) is 0 Å². The smallest absolute Gasteiger partial charge is 0.356 e. The first-order valence-electron chi connectivity index (χ1n) is 8.16. The van der Waals surface area contributed by atoms with Gasteiger partial charge in [-0.1, -0.05) is 30.3 Å². The molecule has 0 aliphatic carbocycles. The Morgan fingerprint density at radius 3 is 2.75 bits per heavy atom. The number of aromatic amines is 1. The van der Waals surface area contributed by atoms with Crippen molar-refractivity contribution in [1.82, 2.24) is 14.9 Å². The molecule has 0 radical (unpaired) electrons. The summed E-state index contributed by atoms with van der Waals surface area (Å²) in [7, 11) is 0. The van der Waals surface area contributed by atoms with E-state index in [0.29, 0.717) is 24.5 Å². The van der Waals surface area contributed by atoms with Crippen LogP contribution in [0.4, 0.5) is 0 Å². The zero-order chi connectivity index (χ0) is 17.1. The summed E-state index contributed by atoms with van der Waals surface area (Å²) in [4.78, 5) is 32.8. The normalized spacial score (nSPS) is 17.7. The van der Waals surface area contributed by atoms with Gasteiger partial charge in [0.25, 0.3) is 0 Å². The fraction of sp³-hybridized carbons (Fsp3) is 0.389. The van der Waals surface area contributed by atoms with Gasteiger partial charge in [0.2, 0.25) is 5.91 Å². The molecule has 2 N–H and O–H groups in total. The number of aromatic carboxylic acids is 1. The largest absolute Gasteiger partial charge is 0.476 e. The van der Waals surface area contributed by atoms with E-state index >= 15 is 0 Å². The number of nitrogens with zero attached hydrogens (tertiary/aromatic N) is 2. The number of aryl methyl sites for hydroxylation is 1. The Morgan fingerprint density at radius 1 is 1.33 bits per heavy atom. The first kappa shape index (κ1) is 16.2. The van der Waals surface area contributed by atoms with Crippen LogP contribution in [-0.2, 0) is 11.2 Å². The van der Waals surface area contributed by atoms with Gasteiger partial charge in [-0.15, -0.1) is 0 Å². The number of carboxylic acid groups (broad SMARTS) is 1. The van der Waals surface area contributed by atoms with Gasteiger partial charge in [0.15, 0.2) is 5.69 Å². The van der Waals surface area contributed by atoms with Crippen LogP contribution in [0, 0.1) is 6.92 Å². The van der Waals surface area contributed by atoms with E-state index in [0.717, 1.165) is 24.9 Å². The molecule has 6 heteroatoms. The quantitative estimate of drug-likeness (QED) is 0.902. The topological polar surface area (TPSA) is 86.3 Å². The van der Waals surface area contributed by atoms with Crippen molar-refractivity contribution in [2.24, 2.45) is 0 Å². The van der Waals surface area contributed by atoms with Crippen molar-refractivity contribution in [3.05, 3.63) is 53.1 Å². The molecule has 3 rings (SSSR count). The standard InChI is InChI=1S/C18H21N3O3/c1-12-16(18(23)24)20-17(19-12)14-8-5-9-21(11-14)15(22)10-13-6-3-2-4-7-13/h2-4,6-7,14H,5,8-11H2,1H3,(H,19,20)(H,23,24). The van der Waals surface area contributed by atoms with E-state index in [9.17, 15) is 9.59 Å². The summed E-state index contributed by atoms with van der Waals surface area (Å²) in [5.41, 5.74) is 1.63. The summed E-state index contributed by atoms with van der Waals surface area (Å²) in [5, 5.41) is 9.13. The number of hydrogen-bond acceptors (Lipinski definition) is 3. The van der Waals surface area contributed by atoms with Gasteiger partial charge in [-0.2, -0.15) is 0 Å². The highest BCUT2D eigenvalue weighted by atomic mass is 16.4. The Balaban J connectivity index is 1.69. The Labute approximate surface area is 140 Å². The minimum atomic E-state index is -1.03. The van der Waals surface area contributed by atoms with Gasteiger partial charge in [-0.05, 0) is 25.3 Å². The molecule has 1 fully saturated rings. The second-order valence-corrected chi connectivity index (χ2v) is 6.24. The first-order chi connectivity index (χ1) is 11.5. The highest BCUT2D eigenvalue weighted by Gasteiger charge is 2.28. The number of rotatable bonds is 4. The van der Waals surface area contributed by atoms with Crippen LogP contribution in [-0.4, -0.2) is 44.9 Å². The Morgan fingerprint density at radius 2 is 2.08 bits per heavy atom. The Kier molecular flexibility index (Phi) is 4.64. The molecular formula is C18H21N3O3. The maximum Gasteiger partial charge on any atom is 0.356 e. The number of benzene rings is 1. The summed E-state index contributed by atoms with van der Waals surface area (Å²) < 4.78 is 0. The fourth-order valence-electron chi connectivity index (χ4n) is 3.19. The number of carbonyl (C=O) groups excluding carboxylic acids is 1. The Bertz CT molecular complexity index is 739. The van der Waals surface area contributed by atoms with Crippen LogP contribution >= 0.6 is 0 Å². The van der Waals surface area contributed by atoms with E-state index in [1.807, 2.05) is 35.2 Å². The summed E-state index contributed by atoms with van der Waals surface area (Å²) in [6.45, 7) is 3.03. The molecular weight excluding hydrogens is 306 g/mol. The third-order valence-corrected chi connectivity index (χ3v) is 4.46. The van der Waals surface area contributed by atoms with Crippen LogP contribution in [0.1, 0.15) is 46.3 Å². The average molecular weight is 327 g/mol. The van der Waals surface area contributed by atoms with Gasteiger partial charge in [0.05, 0.1) is 6.42 Å². The molecule has 0 saturated carbocycles. The lowest BCUT2D eigenvalue weighted by Crippen LogP contribution is -2.40. The SMILES string of the molecule is Cc1[nH]c(C2CCCN(C(=O)Cc3ccccc3)C2)nc1C(=O)O. The van der Waals surface area contributed by atoms with Gasteiger partial charge in [0.1, 0.15) is 5.82 Å². The number of hydrogen-bond donors (Lipinski definition) is 2. The number of carbonyl (C=O) groups is 2. The van der Waals surface area contributed by atoms with Crippen molar-refractivity contribution in [2.75, 3.05) is 13.1 Å². The van der Waals surface area contributed by atoms with Crippen LogP contribution < -0.4 is 0 Å². The van der Waals surface area contributed by atoms with Gasteiger partial charge in [-0.25, -0.2) is 9.78 Å². The summed E-state index contributed by atoms with van der Waals surface area (Å²) in [6, 6.07) is 9.70. The monoisotopic (exact) mass is 327 g/mol. The molecule has 1 aliphatic rings. The Hall–Kier alpha value is -2.63. The van der Waals surface area contributed by atoms with Crippen molar-refractivity contribution < 1.29 is 14.7 Å². The number of amides is 1. The third-order valence-electron chi connectivity index (χ3n) is 4.46. The highest BCUT2D eigenvalue weighted by Crippen LogP contribution is 2.26. The molecule has 2 heterocycles. The molecule has 1 unspecified atom stereocenters. The lowest BCUT2D eigenvalue weighted by Gasteiger charge is -2.32. The third kappa shape index (κ3) is 3.48. The molecule has 2 aromatic rings. The van der Waals surface area contributed by atoms with Gasteiger partial charge < -0.3 is 15.0 Å². The van der Waals surface area contributed by atoms with Crippen molar-refractivity contribution in [3.63, 3.8) is 0 Å². The zero-order valence-electron chi connectivity index (χ0n) is 13.7.